The van der Waals surface area contributed by atoms with Gasteiger partial charge in [-0.05, 0) is 35.0 Å². The molecule has 3 nitrogen and oxygen atoms in total. The lowest BCUT2D eigenvalue weighted by Crippen LogP contribution is -2.04. The Hall–Kier alpha value is -5.84. The molecule has 0 radical (unpaired) electrons. The van der Waals surface area contributed by atoms with E-state index in [-0.39, 0.29) is 0 Å². The van der Waals surface area contributed by atoms with Crippen molar-refractivity contribution in [1.82, 2.24) is 14.5 Å². The van der Waals surface area contributed by atoms with Gasteiger partial charge in [0.1, 0.15) is 0 Å². The molecule has 0 N–H and O–H groups in total. The second-order valence-electron chi connectivity index (χ2n) is 11.8. The second kappa shape index (κ2) is 9.83. The first-order valence-electron chi connectivity index (χ1n) is 15.5. The van der Waals surface area contributed by atoms with Crippen LogP contribution in [0.5, 0.6) is 0 Å². The maximum absolute atomic E-state index is 5.38. The molecular formula is C42H25N3S. The summed E-state index contributed by atoms with van der Waals surface area (Å²) in [5, 5.41) is 8.42. The average Bonchev–Trinajstić information content (AvgIpc) is 3.66. The van der Waals surface area contributed by atoms with Crippen molar-refractivity contribution in [2.24, 2.45) is 0 Å². The monoisotopic (exact) mass is 603 g/mol. The summed E-state index contributed by atoms with van der Waals surface area (Å²) in [4.78, 5) is 10.7. The first kappa shape index (κ1) is 25.5. The maximum Gasteiger partial charge on any atom is 0.235 e. The summed E-state index contributed by atoms with van der Waals surface area (Å²) in [7, 11) is 0. The van der Waals surface area contributed by atoms with Gasteiger partial charge in [0.2, 0.25) is 5.95 Å². The van der Waals surface area contributed by atoms with Gasteiger partial charge < -0.3 is 0 Å². The van der Waals surface area contributed by atoms with Crippen molar-refractivity contribution in [3.05, 3.63) is 152 Å². The molecule has 0 atom stereocenters. The minimum Gasteiger partial charge on any atom is -0.277 e. The summed E-state index contributed by atoms with van der Waals surface area (Å²) in [5.41, 5.74) is 7.54. The zero-order chi connectivity index (χ0) is 30.2. The minimum absolute atomic E-state index is 0.670. The molecule has 0 saturated carbocycles. The van der Waals surface area contributed by atoms with Crippen LogP contribution in [0.4, 0.5) is 0 Å². The SMILES string of the molecule is c1ccc(-c2nc(-n3c4cc5ccccc5cc4c4cccc(-c5cccc6c5sc5ccccc56)c43)nc3ccccc23)cc1. The van der Waals surface area contributed by atoms with Gasteiger partial charge in [-0.1, -0.05) is 127 Å². The molecular weight excluding hydrogens is 579 g/mol. The number of rotatable bonds is 3. The van der Waals surface area contributed by atoms with Crippen LogP contribution in [-0.4, -0.2) is 14.5 Å². The number of hydrogen-bond acceptors (Lipinski definition) is 3. The fourth-order valence-corrected chi connectivity index (χ4v) is 8.35. The van der Waals surface area contributed by atoms with Crippen LogP contribution in [0, 0.1) is 0 Å². The highest BCUT2D eigenvalue weighted by Gasteiger charge is 2.22. The minimum atomic E-state index is 0.670. The van der Waals surface area contributed by atoms with E-state index in [0.717, 1.165) is 33.2 Å². The highest BCUT2D eigenvalue weighted by atomic mass is 32.1. The number of benzene rings is 7. The topological polar surface area (TPSA) is 30.7 Å². The molecule has 10 aromatic rings. The molecule has 0 fully saturated rings. The molecule has 0 aliphatic carbocycles. The molecule has 0 aliphatic heterocycles. The first-order chi connectivity index (χ1) is 22.8. The van der Waals surface area contributed by atoms with Crippen molar-refractivity contribution in [1.29, 1.82) is 0 Å². The highest BCUT2D eigenvalue weighted by Crippen LogP contribution is 2.44. The smallest absolute Gasteiger partial charge is 0.235 e. The molecule has 0 saturated heterocycles. The van der Waals surface area contributed by atoms with E-state index in [1.807, 2.05) is 17.4 Å². The largest absolute Gasteiger partial charge is 0.277 e. The number of aromatic nitrogens is 3. The van der Waals surface area contributed by atoms with Crippen LogP contribution in [0.15, 0.2) is 152 Å². The molecule has 0 spiro atoms. The fraction of sp³-hybridized carbons (Fsp3) is 0. The zero-order valence-corrected chi connectivity index (χ0v) is 25.5. The van der Waals surface area contributed by atoms with E-state index in [9.17, 15) is 0 Å². The summed E-state index contributed by atoms with van der Waals surface area (Å²) < 4.78 is 4.90. The van der Waals surface area contributed by atoms with E-state index in [0.29, 0.717) is 5.95 Å². The van der Waals surface area contributed by atoms with Gasteiger partial charge in [0.25, 0.3) is 0 Å². The number of fused-ring (bicyclic) bond motifs is 8. The van der Waals surface area contributed by atoms with Crippen molar-refractivity contribution >= 4 is 75.0 Å². The van der Waals surface area contributed by atoms with Gasteiger partial charge in [0.15, 0.2) is 0 Å². The predicted molar refractivity (Wildman–Crippen MR) is 195 cm³/mol. The predicted octanol–water partition coefficient (Wildman–Crippen LogP) is 11.6. The summed E-state index contributed by atoms with van der Waals surface area (Å²) >= 11 is 1.86. The number of nitrogens with zero attached hydrogens (tertiary/aromatic N) is 3. The Labute approximate surface area is 268 Å². The summed E-state index contributed by atoms with van der Waals surface area (Å²) in [6.45, 7) is 0. The van der Waals surface area contributed by atoms with Gasteiger partial charge in [0.05, 0.1) is 22.2 Å². The Morgan fingerprint density at radius 2 is 1.15 bits per heavy atom. The first-order valence-corrected chi connectivity index (χ1v) is 16.3. The normalized spacial score (nSPS) is 11.9. The van der Waals surface area contributed by atoms with Crippen molar-refractivity contribution in [2.45, 2.75) is 0 Å². The molecule has 3 aromatic heterocycles. The van der Waals surface area contributed by atoms with Crippen LogP contribution < -0.4 is 0 Å². The van der Waals surface area contributed by atoms with Gasteiger partial charge in [-0.25, -0.2) is 9.97 Å². The third kappa shape index (κ3) is 3.71. The van der Waals surface area contributed by atoms with Crippen LogP contribution in [0.2, 0.25) is 0 Å². The number of para-hydroxylation sites is 2. The average molecular weight is 604 g/mol. The van der Waals surface area contributed by atoms with Crippen molar-refractivity contribution < 1.29 is 0 Å². The Bertz CT molecular complexity index is 2810. The van der Waals surface area contributed by atoms with Crippen LogP contribution in [0.1, 0.15) is 0 Å². The summed E-state index contributed by atoms with van der Waals surface area (Å²) in [6, 6.07) is 54.1. The third-order valence-corrected chi connectivity index (χ3v) is 10.4. The van der Waals surface area contributed by atoms with Gasteiger partial charge in [-0.15, -0.1) is 11.3 Å². The van der Waals surface area contributed by atoms with E-state index in [1.165, 1.54) is 52.8 Å². The van der Waals surface area contributed by atoms with Crippen LogP contribution in [-0.2, 0) is 0 Å². The molecule has 46 heavy (non-hydrogen) atoms. The Balaban J connectivity index is 1.38. The lowest BCUT2D eigenvalue weighted by atomic mass is 9.99. The maximum atomic E-state index is 5.38. The molecule has 4 heteroatoms. The van der Waals surface area contributed by atoms with Crippen LogP contribution in [0.3, 0.4) is 0 Å². The van der Waals surface area contributed by atoms with Gasteiger partial charge in [-0.3, -0.25) is 4.57 Å². The van der Waals surface area contributed by atoms with E-state index < -0.39 is 0 Å². The van der Waals surface area contributed by atoms with E-state index in [1.54, 1.807) is 0 Å². The molecule has 10 rings (SSSR count). The Morgan fingerprint density at radius 1 is 0.478 bits per heavy atom. The van der Waals surface area contributed by atoms with Crippen molar-refractivity contribution in [3.8, 4) is 28.3 Å². The van der Waals surface area contributed by atoms with Crippen LogP contribution in [0.25, 0.3) is 92.0 Å². The fourth-order valence-electron chi connectivity index (χ4n) is 7.12. The molecule has 0 amide bonds. The molecule has 7 aromatic carbocycles. The molecule has 214 valence electrons. The van der Waals surface area contributed by atoms with E-state index in [4.69, 9.17) is 9.97 Å². The Morgan fingerprint density at radius 3 is 2.02 bits per heavy atom. The molecule has 0 aliphatic rings. The van der Waals surface area contributed by atoms with Crippen molar-refractivity contribution in [3.63, 3.8) is 0 Å². The van der Waals surface area contributed by atoms with Gasteiger partial charge in [0, 0.05) is 53.0 Å². The molecule has 0 unspecified atom stereocenters. The zero-order valence-electron chi connectivity index (χ0n) is 24.7. The van der Waals surface area contributed by atoms with Crippen LogP contribution >= 0.6 is 11.3 Å². The third-order valence-electron chi connectivity index (χ3n) is 9.19. The highest BCUT2D eigenvalue weighted by molar-refractivity contribution is 7.26. The number of thiophene rings is 1. The van der Waals surface area contributed by atoms with Crippen molar-refractivity contribution in [2.75, 3.05) is 0 Å². The van der Waals surface area contributed by atoms with Gasteiger partial charge >= 0.3 is 0 Å². The Kier molecular flexibility index (Phi) is 5.45. The molecule has 3 heterocycles. The summed E-state index contributed by atoms with van der Waals surface area (Å²) in [5.74, 6) is 0.670. The van der Waals surface area contributed by atoms with E-state index >= 15 is 0 Å². The lowest BCUT2D eigenvalue weighted by Gasteiger charge is -2.14. The van der Waals surface area contributed by atoms with E-state index in [2.05, 4.69) is 150 Å². The lowest BCUT2D eigenvalue weighted by molar-refractivity contribution is 1.01. The number of hydrogen-bond donors (Lipinski definition) is 0. The standard InChI is InChI=1S/C42H25N3S/c1-2-12-26(13-3-1)39-34-17-6-8-22-36(34)43-42(44-39)45-37-25-28-15-5-4-14-27(28)24-35(37)31-19-10-18-30(40(31)45)33-21-11-20-32-29-16-7-9-23-38(29)46-41(32)33/h1-25H. The quantitative estimate of drug-likeness (QED) is 0.201. The second-order valence-corrected chi connectivity index (χ2v) is 12.8. The summed E-state index contributed by atoms with van der Waals surface area (Å²) in [6.07, 6.45) is 0. The van der Waals surface area contributed by atoms with Gasteiger partial charge in [-0.2, -0.15) is 0 Å². The molecule has 0 bridgehead atoms.